The number of esters is 1. The Labute approximate surface area is 173 Å². The molecule has 1 aromatic rings. The fourth-order valence-electron chi connectivity index (χ4n) is 6.22. The van der Waals surface area contributed by atoms with E-state index < -0.39 is 29.1 Å². The van der Waals surface area contributed by atoms with E-state index in [4.69, 9.17) is 19.3 Å². The van der Waals surface area contributed by atoms with Crippen molar-refractivity contribution >= 4 is 17.7 Å². The Hall–Kier alpha value is -2.87. The number of piperidine rings is 1. The molecule has 30 heavy (non-hydrogen) atoms. The third-order valence-corrected chi connectivity index (χ3v) is 7.33. The standard InChI is InChI=1S/C22H23NO7/c1-23-10-9-21-18-12-3-4-14(28-2)19(18)29-20(21)13(24)7-8-22(21,15(23)11-12)30-17(27)6-5-16(25)26/h3-6,15,20H,7-11H2,1-2H3,(H,25,26)/t15-,20+,21+,22-/m1/s1. The summed E-state index contributed by atoms with van der Waals surface area (Å²) >= 11 is 0. The molecular weight excluding hydrogens is 390 g/mol. The van der Waals surface area contributed by atoms with E-state index in [1.165, 1.54) is 0 Å². The Morgan fingerprint density at radius 2 is 2.10 bits per heavy atom. The molecule has 8 nitrogen and oxygen atoms in total. The van der Waals surface area contributed by atoms with Gasteiger partial charge < -0.3 is 19.3 Å². The summed E-state index contributed by atoms with van der Waals surface area (Å²) in [6, 6.07) is 3.73. The van der Waals surface area contributed by atoms with Gasteiger partial charge in [-0.05, 0) is 44.5 Å². The number of likely N-dealkylation sites (tertiary alicyclic amines) is 1. The zero-order valence-corrected chi connectivity index (χ0v) is 16.8. The van der Waals surface area contributed by atoms with Crippen LogP contribution in [0.5, 0.6) is 11.5 Å². The molecule has 0 unspecified atom stereocenters. The number of likely N-dealkylation sites (N-methyl/N-ethyl adjacent to an activating group) is 1. The molecule has 2 heterocycles. The van der Waals surface area contributed by atoms with Crippen molar-refractivity contribution in [2.24, 2.45) is 0 Å². The minimum atomic E-state index is -1.22. The number of Topliss-reactive ketones (excluding diaryl/α,β-unsaturated/α-hetero) is 1. The molecule has 0 amide bonds. The van der Waals surface area contributed by atoms with Crippen LogP contribution in [-0.4, -0.2) is 66.2 Å². The second-order valence-electron chi connectivity index (χ2n) is 8.50. The lowest BCUT2D eigenvalue weighted by molar-refractivity contribution is -0.209. The first-order valence-corrected chi connectivity index (χ1v) is 10.1. The van der Waals surface area contributed by atoms with Gasteiger partial charge in [0, 0.05) is 24.1 Å². The topological polar surface area (TPSA) is 102 Å². The van der Waals surface area contributed by atoms with E-state index in [0.29, 0.717) is 30.8 Å². The largest absolute Gasteiger partial charge is 0.493 e. The number of rotatable bonds is 4. The molecule has 1 saturated heterocycles. The average molecular weight is 413 g/mol. The minimum absolute atomic E-state index is 0.00263. The van der Waals surface area contributed by atoms with Gasteiger partial charge in [0.15, 0.2) is 23.4 Å². The van der Waals surface area contributed by atoms with Crippen LogP contribution >= 0.6 is 0 Å². The highest BCUT2D eigenvalue weighted by atomic mass is 16.6. The number of aliphatic carboxylic acids is 1. The van der Waals surface area contributed by atoms with Crippen molar-refractivity contribution in [1.29, 1.82) is 0 Å². The molecule has 2 aliphatic carbocycles. The summed E-state index contributed by atoms with van der Waals surface area (Å²) < 4.78 is 17.9. The number of ether oxygens (including phenoxy) is 3. The number of benzene rings is 1. The van der Waals surface area contributed by atoms with E-state index in [2.05, 4.69) is 4.90 Å². The maximum atomic E-state index is 13.0. The van der Waals surface area contributed by atoms with Crippen molar-refractivity contribution in [3.05, 3.63) is 35.4 Å². The van der Waals surface area contributed by atoms with Gasteiger partial charge in [-0.2, -0.15) is 0 Å². The van der Waals surface area contributed by atoms with Gasteiger partial charge in [-0.3, -0.25) is 9.69 Å². The van der Waals surface area contributed by atoms with Crippen LogP contribution in [0.3, 0.4) is 0 Å². The van der Waals surface area contributed by atoms with Crippen molar-refractivity contribution in [1.82, 2.24) is 4.90 Å². The van der Waals surface area contributed by atoms with Gasteiger partial charge in [-0.1, -0.05) is 6.07 Å². The number of ketones is 1. The van der Waals surface area contributed by atoms with Crippen LogP contribution in [-0.2, 0) is 31.0 Å². The SMILES string of the molecule is COc1ccc2c3c1O[C@H]1C(=O)CC[C@@]4(OC(=O)C=CC(=O)O)[C@@H](C2)N(C)CC[C@]314. The van der Waals surface area contributed by atoms with Gasteiger partial charge in [-0.25, -0.2) is 9.59 Å². The summed E-state index contributed by atoms with van der Waals surface area (Å²) in [6.45, 7) is 0.734. The number of carboxylic acids is 1. The third-order valence-electron chi connectivity index (χ3n) is 7.33. The summed E-state index contributed by atoms with van der Waals surface area (Å²) in [7, 11) is 3.56. The first-order chi connectivity index (χ1) is 14.3. The van der Waals surface area contributed by atoms with E-state index in [-0.39, 0.29) is 18.2 Å². The maximum Gasteiger partial charge on any atom is 0.331 e. The second-order valence-corrected chi connectivity index (χ2v) is 8.50. The molecule has 8 heteroatoms. The molecule has 1 aromatic carbocycles. The molecule has 2 aliphatic heterocycles. The molecule has 1 N–H and O–H groups in total. The lowest BCUT2D eigenvalue weighted by Gasteiger charge is -2.63. The highest BCUT2D eigenvalue weighted by molar-refractivity contribution is 5.93. The molecule has 4 atom stereocenters. The number of carbonyl (C=O) groups is 3. The van der Waals surface area contributed by atoms with E-state index in [1.807, 2.05) is 19.2 Å². The van der Waals surface area contributed by atoms with Crippen LogP contribution in [0.2, 0.25) is 0 Å². The molecule has 2 bridgehead atoms. The van der Waals surface area contributed by atoms with Crippen LogP contribution in [0.25, 0.3) is 0 Å². The van der Waals surface area contributed by atoms with Gasteiger partial charge in [-0.15, -0.1) is 0 Å². The molecule has 0 aromatic heterocycles. The smallest absolute Gasteiger partial charge is 0.331 e. The van der Waals surface area contributed by atoms with Gasteiger partial charge in [0.25, 0.3) is 0 Å². The summed E-state index contributed by atoms with van der Waals surface area (Å²) in [5.74, 6) is -0.808. The number of nitrogens with zero attached hydrogens (tertiary/aromatic N) is 1. The number of carbonyl (C=O) groups excluding carboxylic acids is 2. The fourth-order valence-corrected chi connectivity index (χ4v) is 6.22. The molecule has 4 aliphatic rings. The van der Waals surface area contributed by atoms with Gasteiger partial charge in [0.2, 0.25) is 0 Å². The Morgan fingerprint density at radius 1 is 1.30 bits per heavy atom. The predicted octanol–water partition coefficient (Wildman–Crippen LogP) is 1.24. The monoisotopic (exact) mass is 413 g/mol. The molecule has 1 spiro atoms. The molecule has 1 saturated carbocycles. The zero-order chi connectivity index (χ0) is 21.3. The van der Waals surface area contributed by atoms with Gasteiger partial charge in [0.05, 0.1) is 18.6 Å². The normalized spacial score (nSPS) is 33.7. The van der Waals surface area contributed by atoms with Gasteiger partial charge in [0.1, 0.15) is 5.60 Å². The lowest BCUT2D eigenvalue weighted by atomic mass is 9.49. The van der Waals surface area contributed by atoms with Crippen LogP contribution in [0.15, 0.2) is 24.3 Å². The van der Waals surface area contributed by atoms with Crippen molar-refractivity contribution in [2.75, 3.05) is 20.7 Å². The van der Waals surface area contributed by atoms with E-state index in [1.54, 1.807) is 7.11 Å². The minimum Gasteiger partial charge on any atom is -0.493 e. The fraction of sp³-hybridized carbons (Fsp3) is 0.500. The molecule has 158 valence electrons. The number of hydrogen-bond acceptors (Lipinski definition) is 7. The van der Waals surface area contributed by atoms with Crippen LogP contribution in [0.4, 0.5) is 0 Å². The number of methoxy groups -OCH3 is 1. The molecular formula is C22H23NO7. The Balaban J connectivity index is 1.73. The first-order valence-electron chi connectivity index (χ1n) is 10.1. The lowest BCUT2D eigenvalue weighted by Crippen LogP contribution is -2.77. The van der Waals surface area contributed by atoms with Gasteiger partial charge >= 0.3 is 11.9 Å². The quantitative estimate of drug-likeness (QED) is 0.581. The maximum absolute atomic E-state index is 13.0. The molecule has 5 rings (SSSR count). The third kappa shape index (κ3) is 2.22. The first kappa shape index (κ1) is 19.1. The second kappa shape index (κ2) is 6.31. The Kier molecular flexibility index (Phi) is 4.02. The number of carboxylic acid groups (broad SMARTS) is 1. The van der Waals surface area contributed by atoms with Crippen molar-refractivity contribution < 1.29 is 33.7 Å². The van der Waals surface area contributed by atoms with Crippen LogP contribution in [0.1, 0.15) is 30.4 Å². The van der Waals surface area contributed by atoms with Crippen LogP contribution < -0.4 is 9.47 Å². The van der Waals surface area contributed by atoms with Crippen molar-refractivity contribution in [3.8, 4) is 11.5 Å². The Morgan fingerprint density at radius 3 is 2.83 bits per heavy atom. The summed E-state index contributed by atoms with van der Waals surface area (Å²) in [5.41, 5.74) is 0.207. The van der Waals surface area contributed by atoms with E-state index >= 15 is 0 Å². The molecule has 0 radical (unpaired) electrons. The average Bonchev–Trinajstić information content (AvgIpc) is 3.07. The summed E-state index contributed by atoms with van der Waals surface area (Å²) in [6.07, 6.45) is 2.82. The van der Waals surface area contributed by atoms with Crippen LogP contribution in [0, 0.1) is 0 Å². The number of hydrogen-bond donors (Lipinski definition) is 1. The summed E-state index contributed by atoms with van der Waals surface area (Å²) in [5, 5.41) is 8.89. The zero-order valence-electron chi connectivity index (χ0n) is 16.8. The van der Waals surface area contributed by atoms with Crippen molar-refractivity contribution in [2.45, 2.75) is 48.8 Å². The van der Waals surface area contributed by atoms with Crippen molar-refractivity contribution in [3.63, 3.8) is 0 Å². The predicted molar refractivity (Wildman–Crippen MR) is 104 cm³/mol. The Bertz CT molecular complexity index is 1000. The highest BCUT2D eigenvalue weighted by Gasteiger charge is 2.75. The highest BCUT2D eigenvalue weighted by Crippen LogP contribution is 2.65. The van der Waals surface area contributed by atoms with E-state index in [0.717, 1.165) is 29.8 Å². The molecule has 2 fully saturated rings. The van der Waals surface area contributed by atoms with E-state index in [9.17, 15) is 14.4 Å². The summed E-state index contributed by atoms with van der Waals surface area (Å²) in [4.78, 5) is 38.8.